The van der Waals surface area contributed by atoms with Gasteiger partial charge in [-0.25, -0.2) is 4.39 Å². The van der Waals surface area contributed by atoms with Gasteiger partial charge in [-0.1, -0.05) is 39.8 Å². The van der Waals surface area contributed by atoms with Crippen LogP contribution in [0.5, 0.6) is 0 Å². The molecule has 2 atom stereocenters. The predicted octanol–water partition coefficient (Wildman–Crippen LogP) is 4.22. The molecule has 0 aliphatic rings. The maximum Gasteiger partial charge on any atom is 0.123 e. The molecule has 0 aliphatic heterocycles. The second-order valence-electron chi connectivity index (χ2n) is 4.44. The first kappa shape index (κ1) is 11.2. The molecule has 2 unspecified atom stereocenters. The molecule has 78 valence electrons. The highest BCUT2D eigenvalue weighted by molar-refractivity contribution is 5.20. The van der Waals surface area contributed by atoms with E-state index in [1.54, 1.807) is 12.1 Å². The zero-order valence-corrected chi connectivity index (χ0v) is 9.42. The molecule has 0 N–H and O–H groups in total. The zero-order valence-electron chi connectivity index (χ0n) is 9.42. The van der Waals surface area contributed by atoms with E-state index in [-0.39, 0.29) is 5.82 Å². The van der Waals surface area contributed by atoms with Crippen LogP contribution in [-0.2, 0) is 0 Å². The molecule has 0 saturated heterocycles. The Morgan fingerprint density at radius 3 is 1.86 bits per heavy atom. The number of rotatable bonds is 3. The molecular weight excluding hydrogens is 175 g/mol. The van der Waals surface area contributed by atoms with Gasteiger partial charge in [0.25, 0.3) is 0 Å². The topological polar surface area (TPSA) is 0 Å². The smallest absolute Gasteiger partial charge is 0.123 e. The summed E-state index contributed by atoms with van der Waals surface area (Å²) in [7, 11) is 0. The van der Waals surface area contributed by atoms with E-state index >= 15 is 0 Å². The van der Waals surface area contributed by atoms with Gasteiger partial charge in [-0.3, -0.25) is 0 Å². The average Bonchev–Trinajstić information content (AvgIpc) is 2.16. The fourth-order valence-corrected chi connectivity index (χ4v) is 1.65. The summed E-state index contributed by atoms with van der Waals surface area (Å²) < 4.78 is 12.7. The molecule has 0 saturated carbocycles. The third kappa shape index (κ3) is 2.57. The van der Waals surface area contributed by atoms with Gasteiger partial charge in [-0.2, -0.15) is 0 Å². The van der Waals surface area contributed by atoms with Crippen molar-refractivity contribution in [3.05, 3.63) is 35.6 Å². The molecular formula is C13H19F. The standard InChI is InChI=1S/C13H19F/c1-9(2)10(3)11(4)12-5-7-13(14)8-6-12/h5-11H,1-4H3. The average molecular weight is 194 g/mol. The molecule has 14 heavy (non-hydrogen) atoms. The molecule has 0 fully saturated rings. The van der Waals surface area contributed by atoms with E-state index in [9.17, 15) is 4.39 Å². The van der Waals surface area contributed by atoms with Crippen LogP contribution < -0.4 is 0 Å². The first-order valence-electron chi connectivity index (χ1n) is 5.28. The lowest BCUT2D eigenvalue weighted by Gasteiger charge is -2.23. The summed E-state index contributed by atoms with van der Waals surface area (Å²) in [4.78, 5) is 0. The molecule has 0 amide bonds. The van der Waals surface area contributed by atoms with Gasteiger partial charge < -0.3 is 0 Å². The molecule has 0 nitrogen and oxygen atoms in total. The van der Waals surface area contributed by atoms with Gasteiger partial charge in [0, 0.05) is 0 Å². The van der Waals surface area contributed by atoms with Crippen LogP contribution in [0.2, 0.25) is 0 Å². The van der Waals surface area contributed by atoms with Crippen molar-refractivity contribution in [2.24, 2.45) is 11.8 Å². The maximum atomic E-state index is 12.7. The highest BCUT2D eigenvalue weighted by atomic mass is 19.1. The van der Waals surface area contributed by atoms with Crippen LogP contribution in [0.3, 0.4) is 0 Å². The first-order chi connectivity index (χ1) is 6.52. The van der Waals surface area contributed by atoms with Crippen molar-refractivity contribution in [1.82, 2.24) is 0 Å². The van der Waals surface area contributed by atoms with Gasteiger partial charge in [-0.05, 0) is 35.4 Å². The lowest BCUT2D eigenvalue weighted by atomic mass is 9.82. The van der Waals surface area contributed by atoms with Crippen LogP contribution in [0.25, 0.3) is 0 Å². The van der Waals surface area contributed by atoms with Crippen molar-refractivity contribution < 1.29 is 4.39 Å². The van der Waals surface area contributed by atoms with Gasteiger partial charge in [0.15, 0.2) is 0 Å². The maximum absolute atomic E-state index is 12.7. The Morgan fingerprint density at radius 1 is 0.929 bits per heavy atom. The van der Waals surface area contributed by atoms with E-state index < -0.39 is 0 Å². The zero-order chi connectivity index (χ0) is 10.7. The summed E-state index contributed by atoms with van der Waals surface area (Å²) in [6.07, 6.45) is 0. The SMILES string of the molecule is CC(C)C(C)C(C)c1ccc(F)cc1. The van der Waals surface area contributed by atoms with Crippen molar-refractivity contribution >= 4 is 0 Å². The minimum absolute atomic E-state index is 0.154. The summed E-state index contributed by atoms with van der Waals surface area (Å²) in [6.45, 7) is 8.91. The third-order valence-electron chi connectivity index (χ3n) is 3.24. The molecule has 0 spiro atoms. The number of hydrogen-bond donors (Lipinski definition) is 0. The Labute approximate surface area is 86.2 Å². The monoisotopic (exact) mass is 194 g/mol. The Hall–Kier alpha value is -0.850. The van der Waals surface area contributed by atoms with Crippen LogP contribution in [0.15, 0.2) is 24.3 Å². The highest BCUT2D eigenvalue weighted by Gasteiger charge is 2.17. The molecule has 1 heteroatoms. The minimum Gasteiger partial charge on any atom is -0.207 e. The number of benzene rings is 1. The Kier molecular flexibility index (Phi) is 3.68. The summed E-state index contributed by atoms with van der Waals surface area (Å²) >= 11 is 0. The molecule has 0 radical (unpaired) electrons. The van der Waals surface area contributed by atoms with Gasteiger partial charge >= 0.3 is 0 Å². The van der Waals surface area contributed by atoms with Crippen molar-refractivity contribution in [3.8, 4) is 0 Å². The number of halogens is 1. The number of hydrogen-bond acceptors (Lipinski definition) is 0. The molecule has 0 aromatic heterocycles. The Morgan fingerprint density at radius 2 is 1.43 bits per heavy atom. The van der Waals surface area contributed by atoms with E-state index in [4.69, 9.17) is 0 Å². The summed E-state index contributed by atoms with van der Waals surface area (Å²) in [5.74, 6) is 1.63. The normalized spacial score (nSPS) is 15.6. The van der Waals surface area contributed by atoms with Gasteiger partial charge in [0.05, 0.1) is 0 Å². The van der Waals surface area contributed by atoms with Crippen LogP contribution in [0.4, 0.5) is 4.39 Å². The third-order valence-corrected chi connectivity index (χ3v) is 3.24. The molecule has 0 heterocycles. The molecule has 1 aromatic carbocycles. The second-order valence-corrected chi connectivity index (χ2v) is 4.44. The second kappa shape index (κ2) is 4.59. The summed E-state index contributed by atoms with van der Waals surface area (Å²) in [5.41, 5.74) is 1.23. The van der Waals surface area contributed by atoms with Crippen LogP contribution >= 0.6 is 0 Å². The fourth-order valence-electron chi connectivity index (χ4n) is 1.65. The Bertz CT molecular complexity index is 274. The van der Waals surface area contributed by atoms with E-state index in [0.29, 0.717) is 17.8 Å². The predicted molar refractivity (Wildman–Crippen MR) is 58.8 cm³/mol. The largest absolute Gasteiger partial charge is 0.207 e. The van der Waals surface area contributed by atoms with Crippen molar-refractivity contribution in [2.45, 2.75) is 33.6 Å². The Balaban J connectivity index is 2.78. The first-order valence-corrected chi connectivity index (χ1v) is 5.28. The molecule has 1 rings (SSSR count). The van der Waals surface area contributed by atoms with Crippen LogP contribution in [0.1, 0.15) is 39.2 Å². The van der Waals surface area contributed by atoms with E-state index in [0.717, 1.165) is 0 Å². The lowest BCUT2D eigenvalue weighted by molar-refractivity contribution is 0.362. The van der Waals surface area contributed by atoms with Crippen molar-refractivity contribution in [1.29, 1.82) is 0 Å². The van der Waals surface area contributed by atoms with Crippen molar-refractivity contribution in [2.75, 3.05) is 0 Å². The highest BCUT2D eigenvalue weighted by Crippen LogP contribution is 2.29. The molecule has 1 aromatic rings. The molecule has 0 bridgehead atoms. The quantitative estimate of drug-likeness (QED) is 0.675. The fraction of sp³-hybridized carbons (Fsp3) is 0.538. The van der Waals surface area contributed by atoms with E-state index in [2.05, 4.69) is 27.7 Å². The summed E-state index contributed by atoms with van der Waals surface area (Å²) in [5, 5.41) is 0. The van der Waals surface area contributed by atoms with E-state index in [1.165, 1.54) is 5.56 Å². The molecule has 0 aliphatic carbocycles. The lowest BCUT2D eigenvalue weighted by Crippen LogP contribution is -2.12. The minimum atomic E-state index is -0.154. The summed E-state index contributed by atoms with van der Waals surface area (Å²) in [6, 6.07) is 6.86. The van der Waals surface area contributed by atoms with Gasteiger partial charge in [0.2, 0.25) is 0 Å². The van der Waals surface area contributed by atoms with E-state index in [1.807, 2.05) is 12.1 Å². The van der Waals surface area contributed by atoms with Crippen LogP contribution in [-0.4, -0.2) is 0 Å². The van der Waals surface area contributed by atoms with Gasteiger partial charge in [0.1, 0.15) is 5.82 Å². The van der Waals surface area contributed by atoms with Crippen LogP contribution in [0, 0.1) is 17.7 Å². The van der Waals surface area contributed by atoms with Gasteiger partial charge in [-0.15, -0.1) is 0 Å². The van der Waals surface area contributed by atoms with Crippen molar-refractivity contribution in [3.63, 3.8) is 0 Å².